The van der Waals surface area contributed by atoms with Crippen molar-refractivity contribution < 1.29 is 73.2 Å². The molecule has 1 aromatic heterocycles. The average Bonchev–Trinajstić information content (AvgIpc) is 4.04. The van der Waals surface area contributed by atoms with E-state index in [1.165, 1.54) is 19.4 Å². The maximum Gasteiger partial charge on any atom is 0.326 e. The molecule has 1 saturated heterocycles. The number of aromatic amines is 1. The maximum atomic E-state index is 13.9. The zero-order valence-corrected chi connectivity index (χ0v) is 43.2. The fourth-order valence-electron chi connectivity index (χ4n) is 7.71. The van der Waals surface area contributed by atoms with Gasteiger partial charge in [-0.1, -0.05) is 27.7 Å². The number of aliphatic hydroxyl groups is 2. The molecule has 9 amide bonds. The van der Waals surface area contributed by atoms with E-state index in [1.807, 2.05) is 13.8 Å². The van der Waals surface area contributed by atoms with E-state index in [-0.39, 0.29) is 56.4 Å². The Morgan fingerprint density at radius 3 is 1.89 bits per heavy atom. The molecule has 0 unspecified atom stereocenters. The van der Waals surface area contributed by atoms with E-state index >= 15 is 0 Å². The van der Waals surface area contributed by atoms with E-state index in [4.69, 9.17) is 11.5 Å². The lowest BCUT2D eigenvalue weighted by atomic mass is 10.0. The van der Waals surface area contributed by atoms with Crippen LogP contribution in [-0.4, -0.2) is 193 Å². The number of likely N-dealkylation sites (tertiary alicyclic amines) is 1. The van der Waals surface area contributed by atoms with Crippen LogP contribution in [0.15, 0.2) is 12.5 Å². The Hall–Kier alpha value is -6.43. The van der Waals surface area contributed by atoms with Gasteiger partial charge in [-0.25, -0.2) is 9.78 Å². The molecule has 28 nitrogen and oxygen atoms in total. The zero-order valence-electron chi connectivity index (χ0n) is 42.3. The number of thiol groups is 1. The monoisotopic (exact) mass is 1070 g/mol. The van der Waals surface area contributed by atoms with E-state index in [0.717, 1.165) is 4.90 Å². The van der Waals surface area contributed by atoms with Crippen molar-refractivity contribution in [1.29, 1.82) is 0 Å². The SMILES string of the molecule is CC(C)C[C@H](NC(=O)[C@H](Cc1cnc[nH]1)NC(=O)CNC(=O)[C@@H]1CCCN1C(=O)[C@H](CO)NC(=O)[C@@H](NC(=O)[C@H](CS)NC(=O)[C@@H](N)CC(C)C)[C@@H](C)O)C(=O)N[C@@H](CC(=O)O)C(=O)N[C@@H](CCCCN)C(=O)O. The first-order valence-corrected chi connectivity index (χ1v) is 24.9. The first-order chi connectivity index (χ1) is 34.8. The van der Waals surface area contributed by atoms with Crippen LogP contribution in [0.4, 0.5) is 0 Å². The molecule has 0 bridgehead atoms. The van der Waals surface area contributed by atoms with Gasteiger partial charge in [0, 0.05) is 30.6 Å². The topological polar surface area (TPSA) is 449 Å². The lowest BCUT2D eigenvalue weighted by molar-refractivity contribution is -0.144. The smallest absolute Gasteiger partial charge is 0.326 e. The van der Waals surface area contributed by atoms with Crippen molar-refractivity contribution in [2.75, 3.05) is 32.0 Å². The molecule has 0 aliphatic carbocycles. The third kappa shape index (κ3) is 21.6. The minimum atomic E-state index is -1.76. The number of aliphatic carboxylic acids is 2. The number of imidazole rings is 1. The Kier molecular flexibility index (Phi) is 27.5. The Morgan fingerprint density at radius 2 is 1.34 bits per heavy atom. The van der Waals surface area contributed by atoms with Gasteiger partial charge in [-0.3, -0.25) is 47.9 Å². The number of hydrogen-bond donors (Lipinski definition) is 16. The molecule has 416 valence electrons. The highest BCUT2D eigenvalue weighted by molar-refractivity contribution is 7.80. The number of rotatable bonds is 33. The molecule has 17 N–H and O–H groups in total. The first-order valence-electron chi connectivity index (χ1n) is 24.3. The lowest BCUT2D eigenvalue weighted by Crippen LogP contribution is -2.62. The average molecular weight is 1070 g/mol. The van der Waals surface area contributed by atoms with Crippen molar-refractivity contribution in [3.63, 3.8) is 0 Å². The standard InChI is InChI=1S/C45H75N13O15S/c1-22(2)13-26(47)37(64)56-32(20-74)41(68)57-36(24(5)60)43(70)55-31(19-59)44(71)58-12-8-10-33(58)42(69)49-18-34(61)51-29(15-25-17-48-21-50-25)39(66)53-28(14-23(3)4)38(65)54-30(16-35(62)63)40(67)52-27(45(72)73)9-6-7-11-46/h17,21-24,26-33,36,59-60,74H,6-16,18-20,46-47H2,1-5H3,(H,48,50)(H,49,69)(H,51,61)(H,52,67)(H,53,66)(H,54,65)(H,55,70)(H,56,64)(H,57,68)(H,62,63)(H,72,73)/t24-,26+,27+,28+,29+,30+,31+,32+,33+,36+/m1/s1. The summed E-state index contributed by atoms with van der Waals surface area (Å²) in [4.78, 5) is 152. The highest BCUT2D eigenvalue weighted by atomic mass is 32.1. The normalized spacial score (nSPS) is 17.0. The van der Waals surface area contributed by atoms with Crippen LogP contribution in [0, 0.1) is 11.8 Å². The number of carbonyl (C=O) groups is 11. The van der Waals surface area contributed by atoms with Gasteiger partial charge in [0.15, 0.2) is 0 Å². The van der Waals surface area contributed by atoms with Crippen molar-refractivity contribution in [3.05, 3.63) is 18.2 Å². The fraction of sp³-hybridized carbons (Fsp3) is 0.689. The molecule has 1 aliphatic heterocycles. The van der Waals surface area contributed by atoms with Crippen molar-refractivity contribution in [2.45, 2.75) is 153 Å². The molecule has 2 rings (SSSR count). The van der Waals surface area contributed by atoms with E-state index in [1.54, 1.807) is 13.8 Å². The third-order valence-corrected chi connectivity index (χ3v) is 11.9. The van der Waals surface area contributed by atoms with Crippen LogP contribution in [-0.2, 0) is 59.2 Å². The molecule has 1 fully saturated rings. The number of H-pyrrole nitrogens is 1. The minimum Gasteiger partial charge on any atom is -0.481 e. The van der Waals surface area contributed by atoms with Crippen LogP contribution in [0.2, 0.25) is 0 Å². The van der Waals surface area contributed by atoms with Gasteiger partial charge in [0.05, 0.1) is 38.0 Å². The summed E-state index contributed by atoms with van der Waals surface area (Å²) < 4.78 is 0. The predicted molar refractivity (Wildman–Crippen MR) is 266 cm³/mol. The van der Waals surface area contributed by atoms with Crippen LogP contribution in [0.1, 0.15) is 91.7 Å². The number of aliphatic hydroxyl groups excluding tert-OH is 2. The lowest BCUT2D eigenvalue weighted by Gasteiger charge is -2.30. The number of amides is 9. The van der Waals surface area contributed by atoms with Crippen molar-refractivity contribution in [2.24, 2.45) is 23.3 Å². The van der Waals surface area contributed by atoms with Crippen LogP contribution >= 0.6 is 12.6 Å². The second-order valence-corrected chi connectivity index (χ2v) is 19.2. The largest absolute Gasteiger partial charge is 0.481 e. The Balaban J connectivity index is 2.19. The van der Waals surface area contributed by atoms with Crippen LogP contribution in [0.3, 0.4) is 0 Å². The number of carbonyl (C=O) groups excluding carboxylic acids is 9. The van der Waals surface area contributed by atoms with Crippen molar-refractivity contribution >= 4 is 77.7 Å². The Morgan fingerprint density at radius 1 is 0.757 bits per heavy atom. The minimum absolute atomic E-state index is 0.00825. The van der Waals surface area contributed by atoms with Gasteiger partial charge in [0.25, 0.3) is 0 Å². The molecule has 2 heterocycles. The molecular formula is C45H75N13O15S. The highest BCUT2D eigenvalue weighted by Crippen LogP contribution is 2.19. The first kappa shape index (κ1) is 63.7. The second-order valence-electron chi connectivity index (χ2n) is 18.8. The number of nitrogens with one attached hydrogen (secondary N) is 9. The van der Waals surface area contributed by atoms with E-state index in [0.29, 0.717) is 31.4 Å². The number of unbranched alkanes of at least 4 members (excludes halogenated alkanes) is 1. The van der Waals surface area contributed by atoms with Crippen LogP contribution < -0.4 is 54.0 Å². The molecule has 74 heavy (non-hydrogen) atoms. The van der Waals surface area contributed by atoms with Gasteiger partial charge >= 0.3 is 11.9 Å². The quantitative estimate of drug-likeness (QED) is 0.0231. The Labute approximate surface area is 433 Å². The molecule has 1 aromatic rings. The second kappa shape index (κ2) is 32.0. The predicted octanol–water partition coefficient (Wildman–Crippen LogP) is -5.14. The van der Waals surface area contributed by atoms with Gasteiger partial charge in [0.1, 0.15) is 48.3 Å². The number of carboxylic acid groups (broad SMARTS) is 2. The summed E-state index contributed by atoms with van der Waals surface area (Å²) in [5.74, 6) is -11.6. The van der Waals surface area contributed by atoms with Crippen LogP contribution in [0.5, 0.6) is 0 Å². The zero-order chi connectivity index (χ0) is 55.8. The summed E-state index contributed by atoms with van der Waals surface area (Å²) in [7, 11) is 0. The van der Waals surface area contributed by atoms with Gasteiger partial charge < -0.3 is 84.3 Å². The summed E-state index contributed by atoms with van der Waals surface area (Å²) in [5, 5.41) is 58.9. The van der Waals surface area contributed by atoms with E-state index in [9.17, 15) is 73.2 Å². The van der Waals surface area contributed by atoms with Gasteiger partial charge in [-0.05, 0) is 70.3 Å². The maximum absolute atomic E-state index is 13.9. The molecule has 0 saturated carbocycles. The molecule has 0 spiro atoms. The molecule has 10 atom stereocenters. The summed E-state index contributed by atoms with van der Waals surface area (Å²) in [6, 6.07) is -12.8. The van der Waals surface area contributed by atoms with Gasteiger partial charge in [0.2, 0.25) is 53.2 Å². The van der Waals surface area contributed by atoms with E-state index in [2.05, 4.69) is 65.1 Å². The van der Waals surface area contributed by atoms with Crippen LogP contribution in [0.25, 0.3) is 0 Å². The molecular weight excluding hydrogens is 995 g/mol. The number of aromatic nitrogens is 2. The summed E-state index contributed by atoms with van der Waals surface area (Å²) >= 11 is 4.11. The van der Waals surface area contributed by atoms with Gasteiger partial charge in [-0.2, -0.15) is 12.6 Å². The molecule has 0 radical (unpaired) electrons. The molecule has 29 heteroatoms. The summed E-state index contributed by atoms with van der Waals surface area (Å²) in [6.07, 6.45) is 1.42. The summed E-state index contributed by atoms with van der Waals surface area (Å²) in [5.41, 5.74) is 11.8. The third-order valence-electron chi connectivity index (χ3n) is 11.5. The highest BCUT2D eigenvalue weighted by Gasteiger charge is 2.40. The van der Waals surface area contributed by atoms with Crippen molar-refractivity contribution in [3.8, 4) is 0 Å². The number of hydrogen-bond acceptors (Lipinski definition) is 17. The van der Waals surface area contributed by atoms with E-state index < -0.39 is 145 Å². The molecule has 0 aromatic carbocycles. The number of nitrogens with zero attached hydrogens (tertiary/aromatic N) is 2. The van der Waals surface area contributed by atoms with Gasteiger partial charge in [-0.15, -0.1) is 0 Å². The fourth-order valence-corrected chi connectivity index (χ4v) is 7.96. The molecule has 1 aliphatic rings. The number of carboxylic acids is 2. The Bertz CT molecular complexity index is 2080. The van der Waals surface area contributed by atoms with Crippen molar-refractivity contribution in [1.82, 2.24) is 57.4 Å². The summed E-state index contributed by atoms with van der Waals surface area (Å²) in [6.45, 7) is 6.87. The number of nitrogens with two attached hydrogens (primary N) is 2.